The van der Waals surface area contributed by atoms with Crippen molar-refractivity contribution in [3.63, 3.8) is 0 Å². The highest BCUT2D eigenvalue weighted by atomic mass is 127. The van der Waals surface area contributed by atoms with Crippen LogP contribution in [0.4, 0.5) is 0 Å². The van der Waals surface area contributed by atoms with Crippen molar-refractivity contribution < 1.29 is 38.1 Å². The first-order valence-electron chi connectivity index (χ1n) is 10.5. The number of rotatable bonds is 10. The molecule has 41 heavy (non-hydrogen) atoms. The van der Waals surface area contributed by atoms with Crippen molar-refractivity contribution in [3.05, 3.63) is 74.6 Å². The summed E-state index contributed by atoms with van der Waals surface area (Å²) in [5, 5.41) is 0. The van der Waals surface area contributed by atoms with Gasteiger partial charge in [-0.3, -0.25) is 0 Å². The van der Waals surface area contributed by atoms with Gasteiger partial charge in [-0.1, -0.05) is 13.2 Å². The maximum absolute atomic E-state index is 12.2. The second kappa shape index (κ2) is 21.3. The molecular formula is C24H15I9O8. The summed E-state index contributed by atoms with van der Waals surface area (Å²) in [6.45, 7) is 6.64. The zero-order chi connectivity index (χ0) is 31.4. The van der Waals surface area contributed by atoms with E-state index in [0.29, 0.717) is 11.1 Å². The van der Waals surface area contributed by atoms with Gasteiger partial charge < -0.3 is 18.9 Å². The number of benzene rings is 2. The molecule has 2 aromatic rings. The molecule has 222 valence electrons. The van der Waals surface area contributed by atoms with Gasteiger partial charge in [-0.25, -0.2) is 19.2 Å². The molecule has 0 unspecified atom stereocenters. The molecule has 0 saturated carbocycles. The number of esters is 4. The summed E-state index contributed by atoms with van der Waals surface area (Å²) in [4.78, 5) is 46.0. The monoisotopic (exact) mass is 1570 g/mol. The van der Waals surface area contributed by atoms with E-state index in [-0.39, 0.29) is 26.4 Å². The Morgan fingerprint density at radius 2 is 0.854 bits per heavy atom. The Hall–Kier alpha value is 2.37. The minimum Gasteiger partial charge on any atom is -0.459 e. The van der Waals surface area contributed by atoms with Gasteiger partial charge >= 0.3 is 23.9 Å². The van der Waals surface area contributed by atoms with Crippen LogP contribution in [0.25, 0.3) is 0 Å². The van der Waals surface area contributed by atoms with E-state index in [2.05, 4.69) is 216 Å². The predicted octanol–water partition coefficient (Wildman–Crippen LogP) is 8.59. The van der Waals surface area contributed by atoms with E-state index in [1.54, 1.807) is 0 Å². The number of hydrogen-bond donors (Lipinski definition) is 0. The normalized spacial score (nSPS) is 10.1. The van der Waals surface area contributed by atoms with Gasteiger partial charge in [0.1, 0.15) is 26.4 Å². The number of hydrogen-bond acceptors (Lipinski definition) is 8. The molecule has 0 amide bonds. The summed E-state index contributed by atoms with van der Waals surface area (Å²) in [5.74, 6) is -1.89. The van der Waals surface area contributed by atoms with Crippen molar-refractivity contribution in [3.8, 4) is 0 Å². The number of ether oxygens (including phenoxy) is 4. The molecule has 0 saturated heterocycles. The third-order valence-corrected chi connectivity index (χ3v) is 19.7. The highest BCUT2D eigenvalue weighted by molar-refractivity contribution is 14.1. The highest BCUT2D eigenvalue weighted by Gasteiger charge is 2.23. The fourth-order valence-corrected chi connectivity index (χ4v) is 11.8. The van der Waals surface area contributed by atoms with E-state index in [1.807, 2.05) is 6.07 Å². The van der Waals surface area contributed by atoms with Crippen LogP contribution in [0.1, 0.15) is 20.7 Å². The van der Waals surface area contributed by atoms with Gasteiger partial charge in [-0.05, 0) is 209 Å². The van der Waals surface area contributed by atoms with E-state index in [4.69, 9.17) is 18.9 Å². The van der Waals surface area contributed by atoms with E-state index >= 15 is 0 Å². The van der Waals surface area contributed by atoms with Crippen LogP contribution < -0.4 is 0 Å². The van der Waals surface area contributed by atoms with Crippen LogP contribution in [-0.4, -0.2) is 50.3 Å². The van der Waals surface area contributed by atoms with Crippen molar-refractivity contribution in [2.24, 2.45) is 0 Å². The zero-order valence-electron chi connectivity index (χ0n) is 20.1. The molecule has 0 radical (unpaired) electrons. The molecule has 0 spiro atoms. The lowest BCUT2D eigenvalue weighted by atomic mass is 10.2. The van der Waals surface area contributed by atoms with Gasteiger partial charge in [-0.15, -0.1) is 0 Å². The quantitative estimate of drug-likeness (QED) is 0.0444. The topological polar surface area (TPSA) is 105 Å². The average Bonchev–Trinajstić information content (AvgIpc) is 2.94. The molecule has 0 N–H and O–H groups in total. The van der Waals surface area contributed by atoms with E-state index in [9.17, 15) is 19.2 Å². The molecule has 0 aliphatic carbocycles. The van der Waals surface area contributed by atoms with Crippen LogP contribution in [0, 0.1) is 32.1 Å². The lowest BCUT2D eigenvalue weighted by molar-refractivity contribution is -0.139. The van der Waals surface area contributed by atoms with Crippen LogP contribution in [0.5, 0.6) is 0 Å². The fourth-order valence-electron chi connectivity index (χ4n) is 2.35. The average molecular weight is 1570 g/mol. The first kappa shape index (κ1) is 41.4. The first-order valence-corrected chi connectivity index (χ1v) is 20.2. The summed E-state index contributed by atoms with van der Waals surface area (Å²) < 4.78 is 28.5. The molecule has 0 aromatic heterocycles. The van der Waals surface area contributed by atoms with E-state index in [0.717, 1.165) is 44.3 Å². The van der Waals surface area contributed by atoms with Crippen molar-refractivity contribution in [1.82, 2.24) is 0 Å². The highest BCUT2D eigenvalue weighted by Crippen LogP contribution is 2.34. The minimum atomic E-state index is -0.534. The Morgan fingerprint density at radius 1 is 0.512 bits per heavy atom. The Balaban J connectivity index is 0.000000410. The smallest absolute Gasteiger partial charge is 0.340 e. The number of halogens is 9. The standard InChI is InChI=1S/C12H7I5O4.C12H8I4O4/c1-2-5(18)20-3-4-21-12(19)6-7(13)9(15)11(17)10(16)8(6)14;1-2-8(17)19-3-4-20-12(18)9-6(13)5-7(14)10(15)11(9)16/h2H,1,3-4H2;2,5H,1,3-4H2. The third kappa shape index (κ3) is 13.2. The fraction of sp³-hybridized carbons (Fsp3) is 0.167. The van der Waals surface area contributed by atoms with Crippen LogP contribution in [0.15, 0.2) is 31.4 Å². The number of carbonyl (C=O) groups excluding carboxylic acids is 4. The van der Waals surface area contributed by atoms with E-state index < -0.39 is 23.9 Å². The Kier molecular flexibility index (Phi) is 21.5. The van der Waals surface area contributed by atoms with Crippen LogP contribution in [0.3, 0.4) is 0 Å². The third-order valence-electron chi connectivity index (χ3n) is 4.19. The van der Waals surface area contributed by atoms with Crippen molar-refractivity contribution in [1.29, 1.82) is 0 Å². The molecule has 0 heterocycles. The first-order chi connectivity index (χ1) is 19.2. The molecule has 2 aromatic carbocycles. The second-order valence-corrected chi connectivity index (χ2v) is 16.7. The lowest BCUT2D eigenvalue weighted by Crippen LogP contribution is -2.16. The SMILES string of the molecule is C=CC(=O)OCCOC(=O)c1c(I)c(I)c(I)c(I)c1I.C=CC(=O)OCCOC(=O)c1c(I)cc(I)c(I)c1I. The molecule has 0 atom stereocenters. The molecular weight excluding hydrogens is 1560 g/mol. The van der Waals surface area contributed by atoms with Gasteiger partial charge in [0.05, 0.1) is 11.1 Å². The molecule has 0 bridgehead atoms. The van der Waals surface area contributed by atoms with Crippen LogP contribution in [-0.2, 0) is 28.5 Å². The molecule has 8 nitrogen and oxygen atoms in total. The van der Waals surface area contributed by atoms with E-state index in [1.165, 1.54) is 0 Å². The summed E-state index contributed by atoms with van der Waals surface area (Å²) in [7, 11) is 0. The molecule has 17 heteroatoms. The van der Waals surface area contributed by atoms with Gasteiger partial charge in [0.25, 0.3) is 0 Å². The van der Waals surface area contributed by atoms with Crippen molar-refractivity contribution in [2.75, 3.05) is 26.4 Å². The Bertz CT molecular complexity index is 1330. The molecule has 0 aliphatic heterocycles. The van der Waals surface area contributed by atoms with Gasteiger partial charge in [0.2, 0.25) is 0 Å². The maximum Gasteiger partial charge on any atom is 0.340 e. The van der Waals surface area contributed by atoms with Gasteiger partial charge in [0.15, 0.2) is 0 Å². The summed E-state index contributed by atoms with van der Waals surface area (Å²) >= 11 is 19.7. The lowest BCUT2D eigenvalue weighted by Gasteiger charge is -2.13. The number of carbonyl (C=O) groups is 4. The summed E-state index contributed by atoms with van der Waals surface area (Å²) in [6, 6.07) is 1.93. The molecule has 2 rings (SSSR count). The van der Waals surface area contributed by atoms with Gasteiger partial charge in [-0.2, -0.15) is 0 Å². The van der Waals surface area contributed by atoms with Crippen molar-refractivity contribution in [2.45, 2.75) is 0 Å². The molecule has 0 fully saturated rings. The van der Waals surface area contributed by atoms with Crippen LogP contribution >= 0.6 is 203 Å². The predicted molar refractivity (Wildman–Crippen MR) is 230 cm³/mol. The molecule has 0 aliphatic rings. The zero-order valence-corrected chi connectivity index (χ0v) is 39.6. The Morgan fingerprint density at radius 3 is 1.27 bits per heavy atom. The Labute approximate surface area is 359 Å². The summed E-state index contributed by atoms with van der Waals surface area (Å²) in [6.07, 6.45) is 2.13. The maximum atomic E-state index is 12.2. The largest absolute Gasteiger partial charge is 0.459 e. The minimum absolute atomic E-state index is 0.0162. The van der Waals surface area contributed by atoms with Crippen molar-refractivity contribution >= 4 is 227 Å². The second-order valence-electron chi connectivity index (χ2n) is 6.80. The van der Waals surface area contributed by atoms with Crippen LogP contribution in [0.2, 0.25) is 0 Å². The van der Waals surface area contributed by atoms with Gasteiger partial charge in [0, 0.05) is 44.3 Å². The summed E-state index contributed by atoms with van der Waals surface area (Å²) in [5.41, 5.74) is 1.10.